The van der Waals surface area contributed by atoms with Gasteiger partial charge >= 0.3 is 0 Å². The van der Waals surface area contributed by atoms with E-state index in [1.54, 1.807) is 0 Å². The molecule has 0 aromatic carbocycles. The maximum absolute atomic E-state index is 5.89. The molecular weight excluding hydrogens is 184 g/mol. The average Bonchev–Trinajstić information content (AvgIpc) is 2.71. The first-order valence-electron chi connectivity index (χ1n) is 6.17. The number of fused-ring (bicyclic) bond motifs is 1. The monoisotopic (exact) mass is 206 g/mol. The molecule has 0 radical (unpaired) electrons. The quantitative estimate of drug-likeness (QED) is 0.630. The van der Waals surface area contributed by atoms with E-state index in [4.69, 9.17) is 4.74 Å². The molecule has 0 saturated heterocycles. The third-order valence-electron chi connectivity index (χ3n) is 3.55. The molecular formula is C14H22O. The van der Waals surface area contributed by atoms with Crippen LogP contribution in [0.2, 0.25) is 0 Å². The Morgan fingerprint density at radius 3 is 2.07 bits per heavy atom. The fourth-order valence-corrected chi connectivity index (χ4v) is 2.63. The predicted octanol–water partition coefficient (Wildman–Crippen LogP) is 3.24. The Kier molecular flexibility index (Phi) is 3.07. The summed E-state index contributed by atoms with van der Waals surface area (Å²) in [6.07, 6.45) is 4.81. The summed E-state index contributed by atoms with van der Waals surface area (Å²) in [6.45, 7) is 7.38. The second kappa shape index (κ2) is 4.18. The summed E-state index contributed by atoms with van der Waals surface area (Å²) in [7, 11) is 0. The van der Waals surface area contributed by atoms with Gasteiger partial charge in [-0.2, -0.15) is 0 Å². The second-order valence-electron chi connectivity index (χ2n) is 5.85. The lowest BCUT2D eigenvalue weighted by atomic mass is 10.1. The highest BCUT2D eigenvalue weighted by Gasteiger charge is 2.48. The molecule has 3 atom stereocenters. The topological polar surface area (TPSA) is 9.23 Å². The van der Waals surface area contributed by atoms with Gasteiger partial charge < -0.3 is 4.74 Å². The highest BCUT2D eigenvalue weighted by molar-refractivity contribution is 5.07. The van der Waals surface area contributed by atoms with Crippen molar-refractivity contribution in [2.24, 2.45) is 17.8 Å². The van der Waals surface area contributed by atoms with E-state index in [2.05, 4.69) is 32.6 Å². The van der Waals surface area contributed by atoms with Gasteiger partial charge in [-0.15, -0.1) is 11.8 Å². The summed E-state index contributed by atoms with van der Waals surface area (Å²) in [5.41, 5.74) is 0.0222. The van der Waals surface area contributed by atoms with Crippen molar-refractivity contribution in [1.29, 1.82) is 0 Å². The highest BCUT2D eigenvalue weighted by atomic mass is 16.5. The first kappa shape index (κ1) is 11.0. The van der Waals surface area contributed by atoms with Gasteiger partial charge in [-0.25, -0.2) is 0 Å². The molecule has 15 heavy (non-hydrogen) atoms. The summed E-state index contributed by atoms with van der Waals surface area (Å²) in [5, 5.41) is 0. The van der Waals surface area contributed by atoms with E-state index in [1.807, 2.05) is 0 Å². The average molecular weight is 206 g/mol. The molecule has 0 spiro atoms. The van der Waals surface area contributed by atoms with Crippen LogP contribution >= 0.6 is 0 Å². The first-order valence-corrected chi connectivity index (χ1v) is 6.17. The van der Waals surface area contributed by atoms with E-state index >= 15 is 0 Å². The number of hydrogen-bond acceptors (Lipinski definition) is 1. The van der Waals surface area contributed by atoms with Crippen molar-refractivity contribution in [3.05, 3.63) is 0 Å². The van der Waals surface area contributed by atoms with E-state index in [9.17, 15) is 0 Å². The molecule has 0 aromatic heterocycles. The van der Waals surface area contributed by atoms with Crippen LogP contribution in [0.1, 0.15) is 46.5 Å². The smallest absolute Gasteiger partial charge is 0.0598 e. The summed E-state index contributed by atoms with van der Waals surface area (Å²) in [4.78, 5) is 0. The molecule has 0 heterocycles. The van der Waals surface area contributed by atoms with Crippen molar-refractivity contribution in [3.8, 4) is 11.8 Å². The summed E-state index contributed by atoms with van der Waals surface area (Å²) < 4.78 is 5.89. The third kappa shape index (κ3) is 2.98. The first-order chi connectivity index (χ1) is 7.08. The van der Waals surface area contributed by atoms with Crippen molar-refractivity contribution < 1.29 is 4.74 Å². The van der Waals surface area contributed by atoms with Gasteiger partial charge in [0.25, 0.3) is 0 Å². The molecule has 2 aliphatic carbocycles. The molecule has 2 aliphatic rings. The molecule has 0 amide bonds. The Hall–Kier alpha value is -0.480. The third-order valence-corrected chi connectivity index (χ3v) is 3.55. The number of rotatable bonds is 2. The minimum absolute atomic E-state index is 0.0222. The summed E-state index contributed by atoms with van der Waals surface area (Å²) in [5.74, 6) is 9.15. The number of ether oxygens (including phenoxy) is 1. The van der Waals surface area contributed by atoms with Crippen LogP contribution in [-0.2, 0) is 4.74 Å². The largest absolute Gasteiger partial charge is 0.376 e. The zero-order valence-electron chi connectivity index (χ0n) is 10.2. The zero-order valence-corrected chi connectivity index (χ0v) is 10.2. The predicted molar refractivity (Wildman–Crippen MR) is 62.4 cm³/mol. The van der Waals surface area contributed by atoms with E-state index in [1.165, 1.54) is 12.8 Å². The molecule has 1 fully saturated rings. The summed E-state index contributed by atoms with van der Waals surface area (Å²) in [6, 6.07) is 0. The van der Waals surface area contributed by atoms with Crippen molar-refractivity contribution in [2.75, 3.05) is 6.61 Å². The van der Waals surface area contributed by atoms with Crippen LogP contribution in [0.5, 0.6) is 0 Å². The minimum atomic E-state index is 0.0222. The molecule has 1 nitrogen and oxygen atoms in total. The van der Waals surface area contributed by atoms with E-state index < -0.39 is 0 Å². The fourth-order valence-electron chi connectivity index (χ4n) is 2.63. The molecule has 1 heteroatoms. The molecule has 0 aliphatic heterocycles. The molecule has 1 unspecified atom stereocenters. The second-order valence-corrected chi connectivity index (χ2v) is 5.85. The van der Waals surface area contributed by atoms with E-state index in [-0.39, 0.29) is 5.60 Å². The van der Waals surface area contributed by atoms with Gasteiger partial charge in [0, 0.05) is 12.8 Å². The lowest BCUT2D eigenvalue weighted by Gasteiger charge is -2.19. The van der Waals surface area contributed by atoms with Crippen LogP contribution in [-0.4, -0.2) is 12.2 Å². The highest BCUT2D eigenvalue weighted by Crippen LogP contribution is 2.52. The normalized spacial score (nSPS) is 34.5. The minimum Gasteiger partial charge on any atom is -0.376 e. The molecule has 2 rings (SSSR count). The maximum Gasteiger partial charge on any atom is 0.0598 e. The van der Waals surface area contributed by atoms with E-state index in [0.717, 1.165) is 37.2 Å². The van der Waals surface area contributed by atoms with Crippen LogP contribution in [0.4, 0.5) is 0 Å². The van der Waals surface area contributed by atoms with Gasteiger partial charge in [-0.05, 0) is 51.4 Å². The Labute approximate surface area is 93.6 Å². The van der Waals surface area contributed by atoms with Gasteiger partial charge in [0.05, 0.1) is 12.2 Å². The van der Waals surface area contributed by atoms with Crippen LogP contribution in [0, 0.1) is 29.6 Å². The lowest BCUT2D eigenvalue weighted by Crippen LogP contribution is -2.21. The SMILES string of the molecule is CC(C)(C)OCC1[C@H]2CCC#CCC[C@@H]12. The van der Waals surface area contributed by atoms with Gasteiger partial charge in [0.2, 0.25) is 0 Å². The van der Waals surface area contributed by atoms with Crippen LogP contribution in [0.3, 0.4) is 0 Å². The Morgan fingerprint density at radius 1 is 1.07 bits per heavy atom. The van der Waals surface area contributed by atoms with Crippen molar-refractivity contribution in [1.82, 2.24) is 0 Å². The molecule has 84 valence electrons. The summed E-state index contributed by atoms with van der Waals surface area (Å²) >= 11 is 0. The number of hydrogen-bond donors (Lipinski definition) is 0. The van der Waals surface area contributed by atoms with Gasteiger partial charge in [0.15, 0.2) is 0 Å². The molecule has 1 saturated carbocycles. The van der Waals surface area contributed by atoms with Gasteiger partial charge in [-0.3, -0.25) is 0 Å². The standard InChI is InChI=1S/C14H22O/c1-14(2,3)15-10-13-11-8-6-4-5-7-9-12(11)13/h11-13H,6-10H2,1-3H3/t11-,12+,13?. The van der Waals surface area contributed by atoms with Crippen molar-refractivity contribution in [2.45, 2.75) is 52.1 Å². The van der Waals surface area contributed by atoms with E-state index in [0.29, 0.717) is 0 Å². The van der Waals surface area contributed by atoms with Crippen LogP contribution in [0.15, 0.2) is 0 Å². The van der Waals surface area contributed by atoms with Crippen molar-refractivity contribution in [3.63, 3.8) is 0 Å². The Bertz CT molecular complexity index is 258. The maximum atomic E-state index is 5.89. The van der Waals surface area contributed by atoms with Crippen LogP contribution < -0.4 is 0 Å². The Balaban J connectivity index is 1.78. The molecule has 0 aromatic rings. The Morgan fingerprint density at radius 2 is 1.60 bits per heavy atom. The lowest BCUT2D eigenvalue weighted by molar-refractivity contribution is -0.0122. The van der Waals surface area contributed by atoms with Crippen molar-refractivity contribution >= 4 is 0 Å². The fraction of sp³-hybridized carbons (Fsp3) is 0.857. The zero-order chi connectivity index (χ0) is 10.9. The molecule has 0 bridgehead atoms. The van der Waals surface area contributed by atoms with Gasteiger partial charge in [-0.1, -0.05) is 0 Å². The van der Waals surface area contributed by atoms with Crippen LogP contribution in [0.25, 0.3) is 0 Å². The van der Waals surface area contributed by atoms with Gasteiger partial charge in [0.1, 0.15) is 0 Å². The molecule has 0 N–H and O–H groups in total.